The highest BCUT2D eigenvalue weighted by molar-refractivity contribution is 7.15. The van der Waals surface area contributed by atoms with E-state index >= 15 is 0 Å². The van der Waals surface area contributed by atoms with Gasteiger partial charge >= 0.3 is 0 Å². The minimum Gasteiger partial charge on any atom is -0.326 e. The molecule has 4 rings (SSSR count). The molecule has 0 radical (unpaired) electrons. The molecule has 170 valence electrons. The Morgan fingerprint density at radius 1 is 1.09 bits per heavy atom. The lowest BCUT2D eigenvalue weighted by Crippen LogP contribution is -2.24. The van der Waals surface area contributed by atoms with Crippen molar-refractivity contribution in [2.24, 2.45) is 0 Å². The number of nitrogens with zero attached hydrogens (tertiary/aromatic N) is 3. The van der Waals surface area contributed by atoms with E-state index in [1.165, 1.54) is 11.3 Å². The summed E-state index contributed by atoms with van der Waals surface area (Å²) >= 11 is 1.27. The van der Waals surface area contributed by atoms with Crippen LogP contribution in [0.5, 0.6) is 0 Å². The predicted molar refractivity (Wildman–Crippen MR) is 129 cm³/mol. The molecule has 0 aliphatic carbocycles. The number of anilines is 3. The van der Waals surface area contributed by atoms with E-state index in [-0.39, 0.29) is 23.6 Å². The minimum atomic E-state index is -0.343. The van der Waals surface area contributed by atoms with Gasteiger partial charge in [-0.15, -0.1) is 10.2 Å². The summed E-state index contributed by atoms with van der Waals surface area (Å²) in [5, 5.41) is 14.9. The molecule has 3 amide bonds. The maximum atomic E-state index is 12.7. The molecule has 3 aromatic rings. The summed E-state index contributed by atoms with van der Waals surface area (Å²) in [5.74, 6) is -0.488. The fourth-order valence-electron chi connectivity index (χ4n) is 3.84. The average Bonchev–Trinajstić information content (AvgIpc) is 3.39. The zero-order valence-corrected chi connectivity index (χ0v) is 19.5. The van der Waals surface area contributed by atoms with E-state index in [9.17, 15) is 14.4 Å². The first-order valence-corrected chi connectivity index (χ1v) is 11.6. The van der Waals surface area contributed by atoms with Crippen LogP contribution in [0.2, 0.25) is 0 Å². The third-order valence-corrected chi connectivity index (χ3v) is 6.38. The first-order chi connectivity index (χ1) is 15.8. The molecular weight excluding hydrogens is 438 g/mol. The topological polar surface area (TPSA) is 104 Å². The predicted octanol–water partition coefficient (Wildman–Crippen LogP) is 4.28. The Morgan fingerprint density at radius 3 is 2.58 bits per heavy atom. The van der Waals surface area contributed by atoms with Gasteiger partial charge in [-0.25, -0.2) is 0 Å². The summed E-state index contributed by atoms with van der Waals surface area (Å²) in [5.41, 5.74) is 4.08. The van der Waals surface area contributed by atoms with Gasteiger partial charge in [0.1, 0.15) is 5.01 Å². The van der Waals surface area contributed by atoms with Gasteiger partial charge in [0.15, 0.2) is 0 Å². The highest BCUT2D eigenvalue weighted by Gasteiger charge is 2.34. The quantitative estimate of drug-likeness (QED) is 0.568. The Bertz CT molecular complexity index is 1200. The molecule has 1 unspecified atom stereocenters. The number of rotatable bonds is 6. The molecule has 1 atom stereocenters. The summed E-state index contributed by atoms with van der Waals surface area (Å²) in [6, 6.07) is 12.8. The molecule has 0 spiro atoms. The molecule has 1 aromatic heterocycles. The second kappa shape index (κ2) is 9.50. The Balaban J connectivity index is 1.43. The molecule has 1 aliphatic heterocycles. The Labute approximate surface area is 196 Å². The van der Waals surface area contributed by atoms with Gasteiger partial charge in [0.2, 0.25) is 16.9 Å². The van der Waals surface area contributed by atoms with Gasteiger partial charge in [-0.3, -0.25) is 19.7 Å². The van der Waals surface area contributed by atoms with Crippen LogP contribution in [0.25, 0.3) is 0 Å². The molecule has 9 heteroatoms. The van der Waals surface area contributed by atoms with E-state index in [2.05, 4.69) is 26.9 Å². The minimum absolute atomic E-state index is 0.0525. The van der Waals surface area contributed by atoms with Crippen LogP contribution in [0.4, 0.5) is 16.5 Å². The number of hydrogen-bond acceptors (Lipinski definition) is 6. The van der Waals surface area contributed by atoms with Gasteiger partial charge in [-0.1, -0.05) is 30.4 Å². The second-order valence-corrected chi connectivity index (χ2v) is 9.14. The van der Waals surface area contributed by atoms with Crippen molar-refractivity contribution in [3.63, 3.8) is 0 Å². The number of amides is 3. The fraction of sp³-hybridized carbons (Fsp3) is 0.292. The van der Waals surface area contributed by atoms with Crippen LogP contribution in [0.3, 0.4) is 0 Å². The summed E-state index contributed by atoms with van der Waals surface area (Å²) in [4.78, 5) is 38.7. The van der Waals surface area contributed by atoms with Crippen LogP contribution in [0.15, 0.2) is 42.5 Å². The lowest BCUT2D eigenvalue weighted by molar-refractivity contribution is -0.117. The van der Waals surface area contributed by atoms with Crippen LogP contribution < -0.4 is 15.5 Å². The first kappa shape index (κ1) is 22.6. The molecule has 2 aromatic carbocycles. The van der Waals surface area contributed by atoms with Crippen molar-refractivity contribution in [2.75, 3.05) is 22.1 Å². The van der Waals surface area contributed by atoms with Crippen molar-refractivity contribution in [1.29, 1.82) is 0 Å². The third kappa shape index (κ3) is 5.25. The zero-order valence-electron chi connectivity index (χ0n) is 18.7. The number of hydrogen-bond donors (Lipinski definition) is 2. The summed E-state index contributed by atoms with van der Waals surface area (Å²) in [6.45, 7) is 6.32. The standard InChI is InChI=1S/C24H25N5O3S/c1-4-20(30)25-18-7-5-6-16(11-18)22(32)26-24-28-27-23(33-24)17-12-21(31)29(13-17)19-9-14(2)8-15(3)10-19/h5-11,17H,4,12-13H2,1-3H3,(H,25,30)(H,26,28,32). The van der Waals surface area contributed by atoms with Gasteiger partial charge in [-0.2, -0.15) is 0 Å². The van der Waals surface area contributed by atoms with E-state index in [0.717, 1.165) is 21.8 Å². The smallest absolute Gasteiger partial charge is 0.257 e. The van der Waals surface area contributed by atoms with Crippen molar-refractivity contribution < 1.29 is 14.4 Å². The van der Waals surface area contributed by atoms with Gasteiger partial charge < -0.3 is 10.2 Å². The zero-order chi connectivity index (χ0) is 23.5. The largest absolute Gasteiger partial charge is 0.326 e. The summed E-state index contributed by atoms with van der Waals surface area (Å²) in [6.07, 6.45) is 0.712. The summed E-state index contributed by atoms with van der Waals surface area (Å²) in [7, 11) is 0. The van der Waals surface area contributed by atoms with Crippen molar-refractivity contribution in [1.82, 2.24) is 10.2 Å². The number of carbonyl (C=O) groups excluding carboxylic acids is 3. The van der Waals surface area contributed by atoms with Crippen molar-refractivity contribution in [2.45, 2.75) is 39.5 Å². The van der Waals surface area contributed by atoms with Crippen LogP contribution in [0, 0.1) is 13.8 Å². The maximum absolute atomic E-state index is 12.7. The van der Waals surface area contributed by atoms with E-state index in [0.29, 0.717) is 35.8 Å². The van der Waals surface area contributed by atoms with Crippen LogP contribution in [0.1, 0.15) is 52.2 Å². The average molecular weight is 464 g/mol. The first-order valence-electron chi connectivity index (χ1n) is 10.8. The molecule has 1 saturated heterocycles. The molecule has 1 aliphatic rings. The maximum Gasteiger partial charge on any atom is 0.257 e. The van der Waals surface area contributed by atoms with E-state index in [1.807, 2.05) is 26.0 Å². The molecule has 8 nitrogen and oxygen atoms in total. The van der Waals surface area contributed by atoms with Crippen molar-refractivity contribution >= 4 is 45.6 Å². The fourth-order valence-corrected chi connectivity index (χ4v) is 4.67. The highest BCUT2D eigenvalue weighted by Crippen LogP contribution is 2.35. The van der Waals surface area contributed by atoms with E-state index in [4.69, 9.17) is 0 Å². The number of carbonyl (C=O) groups is 3. The van der Waals surface area contributed by atoms with Crippen molar-refractivity contribution in [3.05, 3.63) is 64.2 Å². The molecule has 1 fully saturated rings. The number of aryl methyl sites for hydroxylation is 2. The second-order valence-electron chi connectivity index (χ2n) is 8.13. The Morgan fingerprint density at radius 2 is 1.85 bits per heavy atom. The van der Waals surface area contributed by atoms with E-state index in [1.54, 1.807) is 36.1 Å². The highest BCUT2D eigenvalue weighted by atomic mass is 32.1. The summed E-state index contributed by atoms with van der Waals surface area (Å²) < 4.78 is 0. The normalized spacial score (nSPS) is 15.5. The monoisotopic (exact) mass is 463 g/mol. The van der Waals surface area contributed by atoms with Gasteiger partial charge in [0.25, 0.3) is 5.91 Å². The van der Waals surface area contributed by atoms with E-state index < -0.39 is 0 Å². The van der Waals surface area contributed by atoms with Crippen LogP contribution in [-0.2, 0) is 9.59 Å². The molecule has 33 heavy (non-hydrogen) atoms. The SMILES string of the molecule is CCC(=O)Nc1cccc(C(=O)Nc2nnc(C3CC(=O)N(c4cc(C)cc(C)c4)C3)s2)c1. The lowest BCUT2D eigenvalue weighted by Gasteiger charge is -2.17. The molecule has 0 bridgehead atoms. The van der Waals surface area contributed by atoms with Crippen LogP contribution >= 0.6 is 11.3 Å². The number of benzene rings is 2. The van der Waals surface area contributed by atoms with Gasteiger partial charge in [0, 0.05) is 42.2 Å². The number of aromatic nitrogens is 2. The van der Waals surface area contributed by atoms with Gasteiger partial charge in [-0.05, 0) is 55.3 Å². The Kier molecular flexibility index (Phi) is 6.50. The third-order valence-electron chi connectivity index (χ3n) is 5.38. The van der Waals surface area contributed by atoms with Gasteiger partial charge in [0.05, 0.1) is 0 Å². The lowest BCUT2D eigenvalue weighted by atomic mass is 10.1. The molecule has 0 saturated carbocycles. The van der Waals surface area contributed by atoms with Crippen molar-refractivity contribution in [3.8, 4) is 0 Å². The van der Waals surface area contributed by atoms with Crippen LogP contribution in [-0.4, -0.2) is 34.5 Å². The molecule has 2 heterocycles. The number of nitrogens with one attached hydrogen (secondary N) is 2. The Hall–Kier alpha value is -3.59. The molecule has 2 N–H and O–H groups in total. The molecular formula is C24H25N5O3S.